The summed E-state index contributed by atoms with van der Waals surface area (Å²) >= 11 is 7.89. The monoisotopic (exact) mass is 308 g/mol. The second-order valence-electron chi connectivity index (χ2n) is 4.94. The van der Waals surface area contributed by atoms with Crippen molar-refractivity contribution in [3.05, 3.63) is 51.2 Å². The molecule has 0 unspecified atom stereocenters. The average Bonchev–Trinajstić information content (AvgIpc) is 2.93. The van der Waals surface area contributed by atoms with Crippen molar-refractivity contribution in [3.63, 3.8) is 0 Å². The molecule has 1 N–H and O–H groups in total. The van der Waals surface area contributed by atoms with Gasteiger partial charge in [-0.25, -0.2) is 0 Å². The highest BCUT2D eigenvalue weighted by atomic mass is 35.5. The van der Waals surface area contributed by atoms with E-state index in [2.05, 4.69) is 53.1 Å². The molecule has 0 atom stereocenters. The largest absolute Gasteiger partial charge is 0.370 e. The van der Waals surface area contributed by atoms with Gasteiger partial charge in [-0.3, -0.25) is 0 Å². The van der Waals surface area contributed by atoms with Crippen molar-refractivity contribution in [2.75, 3.05) is 18.5 Å². The number of halogens is 1. The van der Waals surface area contributed by atoms with E-state index in [1.165, 1.54) is 16.8 Å². The Kier molecular flexibility index (Phi) is 5.89. The summed E-state index contributed by atoms with van der Waals surface area (Å²) in [6.45, 7) is 5.01. The van der Waals surface area contributed by atoms with Gasteiger partial charge in [-0.2, -0.15) is 11.3 Å². The summed E-state index contributed by atoms with van der Waals surface area (Å²) in [6.07, 6.45) is 1.15. The van der Waals surface area contributed by atoms with Gasteiger partial charge in [0.25, 0.3) is 0 Å². The fourth-order valence-corrected chi connectivity index (χ4v) is 3.01. The van der Waals surface area contributed by atoms with Crippen LogP contribution in [0.25, 0.3) is 0 Å². The van der Waals surface area contributed by atoms with Gasteiger partial charge in [-0.1, -0.05) is 24.6 Å². The predicted octanol–water partition coefficient (Wildman–Crippen LogP) is 4.54. The first-order chi connectivity index (χ1) is 9.70. The molecule has 1 heterocycles. The van der Waals surface area contributed by atoms with Gasteiger partial charge in [-0.05, 0) is 53.1 Å². The van der Waals surface area contributed by atoms with Crippen molar-refractivity contribution in [2.45, 2.75) is 26.4 Å². The summed E-state index contributed by atoms with van der Waals surface area (Å²) in [7, 11) is 2.12. The molecular formula is C16H21ClN2S. The average molecular weight is 309 g/mol. The number of benzene rings is 1. The highest BCUT2D eigenvalue weighted by Gasteiger charge is 2.09. The molecule has 0 aliphatic rings. The number of hydrogen-bond donors (Lipinski definition) is 1. The Morgan fingerprint density at radius 3 is 2.85 bits per heavy atom. The predicted molar refractivity (Wildman–Crippen MR) is 89.9 cm³/mol. The molecule has 0 radical (unpaired) electrons. The standard InChI is InChI=1S/C16H21ClN2S/c1-3-7-18-10-14-4-5-15(17)9-16(14)19(2)11-13-6-8-20-12-13/h4-6,8-9,12,18H,3,7,10-11H2,1-2H3. The van der Waals surface area contributed by atoms with E-state index < -0.39 is 0 Å². The molecule has 0 spiro atoms. The van der Waals surface area contributed by atoms with E-state index in [0.717, 1.165) is 31.1 Å². The van der Waals surface area contributed by atoms with E-state index in [0.29, 0.717) is 0 Å². The van der Waals surface area contributed by atoms with Crippen LogP contribution >= 0.6 is 22.9 Å². The third kappa shape index (κ3) is 4.23. The summed E-state index contributed by atoms with van der Waals surface area (Å²) < 4.78 is 0. The molecule has 4 heteroatoms. The maximum absolute atomic E-state index is 6.16. The van der Waals surface area contributed by atoms with Crippen LogP contribution in [0.15, 0.2) is 35.0 Å². The van der Waals surface area contributed by atoms with E-state index in [1.807, 2.05) is 6.07 Å². The van der Waals surface area contributed by atoms with Gasteiger partial charge in [0.2, 0.25) is 0 Å². The lowest BCUT2D eigenvalue weighted by Gasteiger charge is -2.22. The van der Waals surface area contributed by atoms with Crippen LogP contribution in [-0.2, 0) is 13.1 Å². The van der Waals surface area contributed by atoms with Gasteiger partial charge in [0.1, 0.15) is 0 Å². The number of thiophene rings is 1. The van der Waals surface area contributed by atoms with Crippen LogP contribution in [0.4, 0.5) is 5.69 Å². The molecule has 2 nitrogen and oxygen atoms in total. The van der Waals surface area contributed by atoms with Crippen molar-refractivity contribution >= 4 is 28.6 Å². The van der Waals surface area contributed by atoms with E-state index in [9.17, 15) is 0 Å². The van der Waals surface area contributed by atoms with E-state index in [4.69, 9.17) is 11.6 Å². The first kappa shape index (κ1) is 15.4. The number of hydrogen-bond acceptors (Lipinski definition) is 3. The van der Waals surface area contributed by atoms with Crippen LogP contribution in [0, 0.1) is 0 Å². The third-order valence-electron chi connectivity index (χ3n) is 3.20. The maximum Gasteiger partial charge on any atom is 0.0434 e. The number of nitrogens with zero attached hydrogens (tertiary/aromatic N) is 1. The van der Waals surface area contributed by atoms with Gasteiger partial charge < -0.3 is 10.2 Å². The van der Waals surface area contributed by atoms with Crippen LogP contribution in [0.2, 0.25) is 5.02 Å². The minimum Gasteiger partial charge on any atom is -0.370 e. The molecule has 0 amide bonds. The number of rotatable bonds is 7. The Hall–Kier alpha value is -1.03. The zero-order chi connectivity index (χ0) is 14.4. The zero-order valence-electron chi connectivity index (χ0n) is 12.0. The third-order valence-corrected chi connectivity index (χ3v) is 4.17. The highest BCUT2D eigenvalue weighted by molar-refractivity contribution is 7.07. The molecule has 2 rings (SSSR count). The summed E-state index contributed by atoms with van der Waals surface area (Å²) in [5.74, 6) is 0. The first-order valence-electron chi connectivity index (χ1n) is 6.92. The van der Waals surface area contributed by atoms with Crippen LogP contribution in [0.5, 0.6) is 0 Å². The van der Waals surface area contributed by atoms with Crippen LogP contribution in [-0.4, -0.2) is 13.6 Å². The Labute approximate surface area is 130 Å². The second kappa shape index (κ2) is 7.67. The Bertz CT molecular complexity index is 525. The quantitative estimate of drug-likeness (QED) is 0.756. The molecular weight excluding hydrogens is 288 g/mol. The highest BCUT2D eigenvalue weighted by Crippen LogP contribution is 2.25. The van der Waals surface area contributed by atoms with Gasteiger partial charge in [0, 0.05) is 30.8 Å². The Morgan fingerprint density at radius 2 is 2.15 bits per heavy atom. The van der Waals surface area contributed by atoms with Gasteiger partial charge in [0.15, 0.2) is 0 Å². The molecule has 0 saturated heterocycles. The summed E-state index contributed by atoms with van der Waals surface area (Å²) in [5.41, 5.74) is 3.83. The van der Waals surface area contributed by atoms with Crippen molar-refractivity contribution in [1.29, 1.82) is 0 Å². The van der Waals surface area contributed by atoms with Gasteiger partial charge in [0.05, 0.1) is 0 Å². The molecule has 0 aliphatic carbocycles. The van der Waals surface area contributed by atoms with Crippen LogP contribution < -0.4 is 10.2 Å². The van der Waals surface area contributed by atoms with Gasteiger partial charge >= 0.3 is 0 Å². The topological polar surface area (TPSA) is 15.3 Å². The molecule has 2 aromatic rings. The molecule has 0 fully saturated rings. The second-order valence-corrected chi connectivity index (χ2v) is 6.15. The molecule has 108 valence electrons. The zero-order valence-corrected chi connectivity index (χ0v) is 13.6. The number of anilines is 1. The lowest BCUT2D eigenvalue weighted by molar-refractivity contribution is 0.674. The maximum atomic E-state index is 6.16. The number of nitrogens with one attached hydrogen (secondary N) is 1. The molecule has 0 bridgehead atoms. The molecule has 1 aromatic carbocycles. The molecule has 20 heavy (non-hydrogen) atoms. The van der Waals surface area contributed by atoms with E-state index >= 15 is 0 Å². The summed E-state index contributed by atoms with van der Waals surface area (Å²) in [4.78, 5) is 2.26. The fourth-order valence-electron chi connectivity index (χ4n) is 2.18. The minimum atomic E-state index is 0.788. The van der Waals surface area contributed by atoms with Crippen LogP contribution in [0.3, 0.4) is 0 Å². The summed E-state index contributed by atoms with van der Waals surface area (Å²) in [6, 6.07) is 8.30. The Balaban J connectivity index is 2.13. The van der Waals surface area contributed by atoms with Crippen molar-refractivity contribution in [2.24, 2.45) is 0 Å². The van der Waals surface area contributed by atoms with E-state index in [-0.39, 0.29) is 0 Å². The lowest BCUT2D eigenvalue weighted by atomic mass is 10.1. The first-order valence-corrected chi connectivity index (χ1v) is 8.24. The normalized spacial score (nSPS) is 10.8. The van der Waals surface area contributed by atoms with E-state index in [1.54, 1.807) is 11.3 Å². The van der Waals surface area contributed by atoms with Crippen LogP contribution in [0.1, 0.15) is 24.5 Å². The van der Waals surface area contributed by atoms with Crippen molar-refractivity contribution in [3.8, 4) is 0 Å². The molecule has 0 saturated carbocycles. The Morgan fingerprint density at radius 1 is 1.30 bits per heavy atom. The smallest absolute Gasteiger partial charge is 0.0434 e. The van der Waals surface area contributed by atoms with Crippen molar-refractivity contribution < 1.29 is 0 Å². The molecule has 1 aromatic heterocycles. The molecule has 0 aliphatic heterocycles. The lowest BCUT2D eigenvalue weighted by Crippen LogP contribution is -2.21. The fraction of sp³-hybridized carbons (Fsp3) is 0.375. The van der Waals surface area contributed by atoms with Gasteiger partial charge in [-0.15, -0.1) is 0 Å². The minimum absolute atomic E-state index is 0.788. The summed E-state index contributed by atoms with van der Waals surface area (Å²) in [5, 5.41) is 8.55. The SMILES string of the molecule is CCCNCc1ccc(Cl)cc1N(C)Cc1ccsc1. The van der Waals surface area contributed by atoms with Crippen molar-refractivity contribution in [1.82, 2.24) is 5.32 Å².